The molecule has 2 nitrogen and oxygen atoms in total. The first-order chi connectivity index (χ1) is 9.11. The normalized spacial score (nSPS) is 12.2. The maximum Gasteiger partial charge on any atom is 0.162 e. The quantitative estimate of drug-likeness (QED) is 0.898. The van der Waals surface area contributed by atoms with E-state index >= 15 is 0 Å². The number of ether oxygens (including phenoxy) is 1. The van der Waals surface area contributed by atoms with Gasteiger partial charge in [0, 0.05) is 17.7 Å². The Morgan fingerprint density at radius 1 is 1.11 bits per heavy atom. The van der Waals surface area contributed by atoms with Gasteiger partial charge in [-0.3, -0.25) is 0 Å². The van der Waals surface area contributed by atoms with Crippen LogP contribution in [0.25, 0.3) is 0 Å². The zero-order valence-corrected chi connectivity index (χ0v) is 10.6. The minimum Gasteiger partial charge on any atom is -0.457 e. The van der Waals surface area contributed by atoms with Crippen molar-refractivity contribution in [1.82, 2.24) is 0 Å². The van der Waals surface area contributed by atoms with E-state index < -0.39 is 11.6 Å². The zero-order chi connectivity index (χ0) is 13.8. The van der Waals surface area contributed by atoms with E-state index in [4.69, 9.17) is 10.5 Å². The lowest BCUT2D eigenvalue weighted by molar-refractivity contribution is 0.452. The first kappa shape index (κ1) is 13.5. The largest absolute Gasteiger partial charge is 0.457 e. The van der Waals surface area contributed by atoms with Crippen molar-refractivity contribution in [3.63, 3.8) is 0 Å². The molecule has 0 aliphatic carbocycles. The number of benzene rings is 2. The third-order valence-corrected chi connectivity index (χ3v) is 2.88. The van der Waals surface area contributed by atoms with E-state index in [1.165, 1.54) is 6.07 Å². The molecule has 2 rings (SSSR count). The summed E-state index contributed by atoms with van der Waals surface area (Å²) in [7, 11) is 0. The molecule has 19 heavy (non-hydrogen) atoms. The summed E-state index contributed by atoms with van der Waals surface area (Å²) >= 11 is 0. The predicted octanol–water partition coefficient (Wildman–Crippen LogP) is 4.17. The van der Waals surface area contributed by atoms with E-state index in [9.17, 15) is 8.78 Å². The van der Waals surface area contributed by atoms with Crippen LogP contribution in [-0.4, -0.2) is 0 Å². The summed E-state index contributed by atoms with van der Waals surface area (Å²) in [4.78, 5) is 0. The van der Waals surface area contributed by atoms with Crippen LogP contribution in [0.15, 0.2) is 42.5 Å². The fourth-order valence-corrected chi connectivity index (χ4v) is 1.77. The van der Waals surface area contributed by atoms with Crippen LogP contribution in [0.4, 0.5) is 8.78 Å². The highest BCUT2D eigenvalue weighted by atomic mass is 19.2. The van der Waals surface area contributed by atoms with Crippen LogP contribution in [-0.2, 0) is 0 Å². The molecule has 0 spiro atoms. The molecule has 0 unspecified atom stereocenters. The fraction of sp³-hybridized carbons (Fsp3) is 0.200. The monoisotopic (exact) mass is 263 g/mol. The molecular formula is C15H15F2NO. The van der Waals surface area contributed by atoms with Gasteiger partial charge in [0.05, 0.1) is 0 Å². The fourth-order valence-electron chi connectivity index (χ4n) is 1.77. The Morgan fingerprint density at radius 3 is 2.53 bits per heavy atom. The van der Waals surface area contributed by atoms with Crippen molar-refractivity contribution in [2.75, 3.05) is 0 Å². The van der Waals surface area contributed by atoms with Crippen molar-refractivity contribution < 1.29 is 13.5 Å². The van der Waals surface area contributed by atoms with E-state index in [0.717, 1.165) is 24.1 Å². The summed E-state index contributed by atoms with van der Waals surface area (Å²) in [5, 5.41) is 0. The van der Waals surface area contributed by atoms with E-state index in [2.05, 4.69) is 0 Å². The zero-order valence-electron chi connectivity index (χ0n) is 10.6. The molecule has 0 heterocycles. The molecule has 0 amide bonds. The molecule has 0 aliphatic heterocycles. The van der Waals surface area contributed by atoms with Crippen LogP contribution in [0, 0.1) is 11.6 Å². The van der Waals surface area contributed by atoms with Gasteiger partial charge in [0.25, 0.3) is 0 Å². The number of hydrogen-bond donors (Lipinski definition) is 1. The predicted molar refractivity (Wildman–Crippen MR) is 70.1 cm³/mol. The Kier molecular flexibility index (Phi) is 4.12. The summed E-state index contributed by atoms with van der Waals surface area (Å²) in [6.07, 6.45) is 0.762. The third kappa shape index (κ3) is 3.09. The number of para-hydroxylation sites is 1. The van der Waals surface area contributed by atoms with Crippen LogP contribution in [0.1, 0.15) is 24.9 Å². The first-order valence-corrected chi connectivity index (χ1v) is 6.09. The Hall–Kier alpha value is -1.94. The maximum atomic E-state index is 13.1. The number of halogens is 2. The van der Waals surface area contributed by atoms with Gasteiger partial charge in [-0.1, -0.05) is 25.1 Å². The molecule has 0 saturated heterocycles. The molecular weight excluding hydrogens is 248 g/mol. The second kappa shape index (κ2) is 5.80. The Labute approximate surface area is 110 Å². The lowest BCUT2D eigenvalue weighted by Crippen LogP contribution is -2.09. The molecule has 0 bridgehead atoms. The molecule has 0 saturated carbocycles. The standard InChI is InChI=1S/C15H15F2NO/c1-2-14(18)11-5-3-4-6-15(11)19-10-7-8-12(16)13(17)9-10/h3-9,14H,2,18H2,1H3/t14-/m0/s1. The Bertz CT molecular complexity index is 572. The van der Waals surface area contributed by atoms with Crippen molar-refractivity contribution in [1.29, 1.82) is 0 Å². The van der Waals surface area contributed by atoms with Gasteiger partial charge >= 0.3 is 0 Å². The molecule has 0 fully saturated rings. The summed E-state index contributed by atoms with van der Waals surface area (Å²) in [5.41, 5.74) is 6.83. The minimum absolute atomic E-state index is 0.151. The second-order valence-corrected chi connectivity index (χ2v) is 4.23. The van der Waals surface area contributed by atoms with Gasteiger partial charge in [-0.15, -0.1) is 0 Å². The summed E-state index contributed by atoms with van der Waals surface area (Å²) < 4.78 is 31.6. The lowest BCUT2D eigenvalue weighted by atomic mass is 10.0. The molecule has 1 atom stereocenters. The maximum absolute atomic E-state index is 13.1. The van der Waals surface area contributed by atoms with Crippen molar-refractivity contribution in [3.8, 4) is 11.5 Å². The summed E-state index contributed by atoms with van der Waals surface area (Å²) in [6.45, 7) is 1.97. The smallest absolute Gasteiger partial charge is 0.162 e. The van der Waals surface area contributed by atoms with Crippen LogP contribution in [0.2, 0.25) is 0 Å². The van der Waals surface area contributed by atoms with Gasteiger partial charge in [-0.25, -0.2) is 8.78 Å². The molecule has 100 valence electrons. The molecule has 0 aromatic heterocycles. The minimum atomic E-state index is -0.935. The van der Waals surface area contributed by atoms with Crippen LogP contribution >= 0.6 is 0 Å². The molecule has 4 heteroatoms. The Balaban J connectivity index is 2.30. The highest BCUT2D eigenvalue weighted by Gasteiger charge is 2.11. The van der Waals surface area contributed by atoms with Gasteiger partial charge in [-0.05, 0) is 24.6 Å². The lowest BCUT2D eigenvalue weighted by Gasteiger charge is -2.15. The van der Waals surface area contributed by atoms with Gasteiger partial charge in [0.2, 0.25) is 0 Å². The number of rotatable bonds is 4. The van der Waals surface area contributed by atoms with E-state index in [0.29, 0.717) is 5.75 Å². The van der Waals surface area contributed by atoms with Crippen molar-refractivity contribution in [2.45, 2.75) is 19.4 Å². The van der Waals surface area contributed by atoms with E-state index in [1.807, 2.05) is 19.1 Å². The van der Waals surface area contributed by atoms with Crippen LogP contribution in [0.3, 0.4) is 0 Å². The highest BCUT2D eigenvalue weighted by molar-refractivity contribution is 5.39. The van der Waals surface area contributed by atoms with Crippen molar-refractivity contribution in [3.05, 3.63) is 59.7 Å². The van der Waals surface area contributed by atoms with Crippen LogP contribution in [0.5, 0.6) is 11.5 Å². The Morgan fingerprint density at radius 2 is 1.84 bits per heavy atom. The number of nitrogens with two attached hydrogens (primary N) is 1. The molecule has 0 aliphatic rings. The van der Waals surface area contributed by atoms with E-state index in [1.54, 1.807) is 12.1 Å². The average Bonchev–Trinajstić information content (AvgIpc) is 2.43. The van der Waals surface area contributed by atoms with Crippen molar-refractivity contribution in [2.24, 2.45) is 5.73 Å². The number of hydrogen-bond acceptors (Lipinski definition) is 2. The molecule has 2 N–H and O–H groups in total. The van der Waals surface area contributed by atoms with Crippen molar-refractivity contribution >= 4 is 0 Å². The summed E-state index contributed by atoms with van der Waals surface area (Å²) in [5.74, 6) is -1.03. The second-order valence-electron chi connectivity index (χ2n) is 4.23. The van der Waals surface area contributed by atoms with Gasteiger partial charge in [0.1, 0.15) is 11.5 Å². The van der Waals surface area contributed by atoms with Gasteiger partial charge in [0.15, 0.2) is 11.6 Å². The summed E-state index contributed by atoms with van der Waals surface area (Å²) in [6, 6.07) is 10.6. The van der Waals surface area contributed by atoms with Crippen LogP contribution < -0.4 is 10.5 Å². The van der Waals surface area contributed by atoms with Gasteiger partial charge in [-0.2, -0.15) is 0 Å². The van der Waals surface area contributed by atoms with Gasteiger partial charge < -0.3 is 10.5 Å². The molecule has 2 aromatic carbocycles. The third-order valence-electron chi connectivity index (χ3n) is 2.88. The topological polar surface area (TPSA) is 35.2 Å². The first-order valence-electron chi connectivity index (χ1n) is 6.09. The molecule has 0 radical (unpaired) electrons. The molecule has 2 aromatic rings. The average molecular weight is 263 g/mol. The highest BCUT2D eigenvalue weighted by Crippen LogP contribution is 2.30. The van der Waals surface area contributed by atoms with E-state index in [-0.39, 0.29) is 11.8 Å². The SMILES string of the molecule is CC[C@H](N)c1ccccc1Oc1ccc(F)c(F)c1.